The molecule has 1 fully saturated rings. The van der Waals surface area contributed by atoms with E-state index in [2.05, 4.69) is 5.32 Å². The number of nitro groups is 1. The summed E-state index contributed by atoms with van der Waals surface area (Å²) in [5.74, 6) is -0.158. The van der Waals surface area contributed by atoms with Crippen molar-refractivity contribution in [3.05, 3.63) is 39.9 Å². The first kappa shape index (κ1) is 17.4. The van der Waals surface area contributed by atoms with Crippen LogP contribution in [0.25, 0.3) is 0 Å². The maximum absolute atomic E-state index is 12.0. The van der Waals surface area contributed by atoms with E-state index in [0.29, 0.717) is 32.5 Å². The number of nitrogens with one attached hydrogen (secondary N) is 1. The molecular formula is C14H19N3O5S. The van der Waals surface area contributed by atoms with Crippen molar-refractivity contribution in [3.8, 4) is 0 Å². The van der Waals surface area contributed by atoms with Gasteiger partial charge in [-0.1, -0.05) is 6.07 Å². The van der Waals surface area contributed by atoms with Gasteiger partial charge in [0.1, 0.15) is 0 Å². The van der Waals surface area contributed by atoms with E-state index in [0.717, 1.165) is 0 Å². The number of nitro benzene ring substituents is 1. The molecule has 0 spiro atoms. The van der Waals surface area contributed by atoms with Gasteiger partial charge in [-0.15, -0.1) is 0 Å². The average molecular weight is 341 g/mol. The number of rotatable bonds is 5. The first-order valence-corrected chi connectivity index (χ1v) is 9.10. The molecule has 1 aromatic carbocycles. The lowest BCUT2D eigenvalue weighted by Crippen LogP contribution is -2.41. The standard InChI is InChI=1S/C14H19N3O5S/c1-23(21,22)16-7-5-11(6-8-16)10-15-14(18)12-3-2-4-13(9-12)17(19)20/h2-4,9,11H,5-8,10H2,1H3,(H,15,18). The molecule has 0 radical (unpaired) electrons. The monoisotopic (exact) mass is 341 g/mol. The van der Waals surface area contributed by atoms with Gasteiger partial charge in [0.05, 0.1) is 11.2 Å². The number of sulfonamides is 1. The Hall–Kier alpha value is -2.00. The molecule has 9 heteroatoms. The van der Waals surface area contributed by atoms with Crippen LogP contribution in [0.15, 0.2) is 24.3 Å². The number of benzene rings is 1. The van der Waals surface area contributed by atoms with Crippen molar-refractivity contribution in [2.75, 3.05) is 25.9 Å². The maximum Gasteiger partial charge on any atom is 0.270 e. The molecule has 126 valence electrons. The van der Waals surface area contributed by atoms with Crippen LogP contribution in [0.1, 0.15) is 23.2 Å². The zero-order valence-electron chi connectivity index (χ0n) is 12.8. The van der Waals surface area contributed by atoms with Crippen molar-refractivity contribution < 1.29 is 18.1 Å². The van der Waals surface area contributed by atoms with Crippen molar-refractivity contribution in [3.63, 3.8) is 0 Å². The zero-order valence-corrected chi connectivity index (χ0v) is 13.6. The Morgan fingerprint density at radius 2 is 2.04 bits per heavy atom. The third-order valence-electron chi connectivity index (χ3n) is 3.91. The smallest absolute Gasteiger partial charge is 0.270 e. The normalized spacial score (nSPS) is 16.9. The first-order chi connectivity index (χ1) is 10.8. The van der Waals surface area contributed by atoms with Gasteiger partial charge >= 0.3 is 0 Å². The van der Waals surface area contributed by atoms with E-state index in [1.54, 1.807) is 0 Å². The molecule has 0 aromatic heterocycles. The van der Waals surface area contributed by atoms with Crippen LogP contribution in [0.5, 0.6) is 0 Å². The number of carbonyl (C=O) groups is 1. The van der Waals surface area contributed by atoms with Crippen LogP contribution in [0, 0.1) is 16.0 Å². The Morgan fingerprint density at radius 3 is 2.61 bits per heavy atom. The molecule has 1 aliphatic rings. The molecule has 0 aliphatic carbocycles. The number of hydrogen-bond donors (Lipinski definition) is 1. The molecule has 1 saturated heterocycles. The fraction of sp³-hybridized carbons (Fsp3) is 0.500. The highest BCUT2D eigenvalue weighted by Crippen LogP contribution is 2.19. The summed E-state index contributed by atoms with van der Waals surface area (Å²) in [4.78, 5) is 22.2. The molecule has 2 rings (SSSR count). The Morgan fingerprint density at radius 1 is 1.39 bits per heavy atom. The zero-order chi connectivity index (χ0) is 17.0. The quantitative estimate of drug-likeness (QED) is 0.634. The van der Waals surface area contributed by atoms with Crippen molar-refractivity contribution in [1.29, 1.82) is 0 Å². The van der Waals surface area contributed by atoms with E-state index in [1.165, 1.54) is 34.8 Å². The molecule has 23 heavy (non-hydrogen) atoms. The molecule has 1 N–H and O–H groups in total. The molecule has 0 atom stereocenters. The molecule has 1 aliphatic heterocycles. The number of amides is 1. The minimum atomic E-state index is -3.15. The Bertz CT molecular complexity index is 696. The molecule has 1 heterocycles. The van der Waals surface area contributed by atoms with Gasteiger partial charge in [0.15, 0.2) is 0 Å². The van der Waals surface area contributed by atoms with Crippen LogP contribution < -0.4 is 5.32 Å². The summed E-state index contributed by atoms with van der Waals surface area (Å²) in [6, 6.07) is 5.56. The predicted octanol–water partition coefficient (Wildman–Crippen LogP) is 0.996. The van der Waals surface area contributed by atoms with E-state index < -0.39 is 14.9 Å². The van der Waals surface area contributed by atoms with Crippen molar-refractivity contribution in [2.45, 2.75) is 12.8 Å². The largest absolute Gasteiger partial charge is 0.352 e. The van der Waals surface area contributed by atoms with Crippen LogP contribution in [0.2, 0.25) is 0 Å². The summed E-state index contributed by atoms with van der Waals surface area (Å²) < 4.78 is 24.3. The van der Waals surface area contributed by atoms with Crippen molar-refractivity contribution >= 4 is 21.6 Å². The summed E-state index contributed by atoms with van der Waals surface area (Å²) in [5, 5.41) is 13.5. The molecule has 0 saturated carbocycles. The first-order valence-electron chi connectivity index (χ1n) is 7.25. The van der Waals surface area contributed by atoms with E-state index in [-0.39, 0.29) is 23.1 Å². The SMILES string of the molecule is CS(=O)(=O)N1CCC(CNC(=O)c2cccc([N+](=O)[O-])c2)CC1. The summed E-state index contributed by atoms with van der Waals surface area (Å²) in [7, 11) is -3.15. The molecule has 1 amide bonds. The molecule has 0 bridgehead atoms. The molecular weight excluding hydrogens is 322 g/mol. The summed E-state index contributed by atoms with van der Waals surface area (Å²) >= 11 is 0. The van der Waals surface area contributed by atoms with E-state index in [9.17, 15) is 23.3 Å². The second-order valence-electron chi connectivity index (χ2n) is 5.62. The van der Waals surface area contributed by atoms with Crippen LogP contribution in [0.3, 0.4) is 0 Å². The summed E-state index contributed by atoms with van der Waals surface area (Å²) in [6.45, 7) is 1.34. The Labute approximate surface area is 134 Å². The summed E-state index contributed by atoms with van der Waals surface area (Å²) in [5.41, 5.74) is 0.117. The Kier molecular flexibility index (Phi) is 5.32. The highest BCUT2D eigenvalue weighted by atomic mass is 32.2. The molecule has 8 nitrogen and oxygen atoms in total. The second-order valence-corrected chi connectivity index (χ2v) is 7.61. The second kappa shape index (κ2) is 7.05. The fourth-order valence-electron chi connectivity index (χ4n) is 2.54. The maximum atomic E-state index is 12.0. The van der Waals surface area contributed by atoms with Gasteiger partial charge in [-0.25, -0.2) is 12.7 Å². The number of piperidine rings is 1. The lowest BCUT2D eigenvalue weighted by molar-refractivity contribution is -0.384. The Balaban J connectivity index is 1.86. The highest BCUT2D eigenvalue weighted by Gasteiger charge is 2.25. The van der Waals surface area contributed by atoms with Gasteiger partial charge in [-0.2, -0.15) is 0 Å². The number of nitrogens with zero attached hydrogens (tertiary/aromatic N) is 2. The van der Waals surface area contributed by atoms with Gasteiger partial charge in [0.2, 0.25) is 10.0 Å². The van der Waals surface area contributed by atoms with Crippen LogP contribution in [-0.4, -0.2) is 49.4 Å². The van der Waals surface area contributed by atoms with E-state index in [1.807, 2.05) is 0 Å². The topological polar surface area (TPSA) is 110 Å². The minimum Gasteiger partial charge on any atom is -0.352 e. The number of hydrogen-bond acceptors (Lipinski definition) is 5. The van der Waals surface area contributed by atoms with Crippen LogP contribution in [0.4, 0.5) is 5.69 Å². The van der Waals surface area contributed by atoms with E-state index in [4.69, 9.17) is 0 Å². The van der Waals surface area contributed by atoms with Crippen LogP contribution >= 0.6 is 0 Å². The van der Waals surface area contributed by atoms with Crippen molar-refractivity contribution in [1.82, 2.24) is 9.62 Å². The van der Waals surface area contributed by atoms with Gasteiger partial charge in [0, 0.05) is 37.3 Å². The van der Waals surface area contributed by atoms with Gasteiger partial charge in [-0.05, 0) is 24.8 Å². The summed E-state index contributed by atoms with van der Waals surface area (Å²) in [6.07, 6.45) is 2.56. The van der Waals surface area contributed by atoms with Gasteiger partial charge in [-0.3, -0.25) is 14.9 Å². The molecule has 0 unspecified atom stereocenters. The highest BCUT2D eigenvalue weighted by molar-refractivity contribution is 7.88. The third-order valence-corrected chi connectivity index (χ3v) is 5.22. The van der Waals surface area contributed by atoms with Gasteiger partial charge < -0.3 is 5.32 Å². The van der Waals surface area contributed by atoms with Crippen molar-refractivity contribution in [2.24, 2.45) is 5.92 Å². The third kappa shape index (κ3) is 4.73. The van der Waals surface area contributed by atoms with Gasteiger partial charge in [0.25, 0.3) is 11.6 Å². The van der Waals surface area contributed by atoms with Crippen LogP contribution in [-0.2, 0) is 10.0 Å². The molecule has 1 aromatic rings. The predicted molar refractivity (Wildman–Crippen MR) is 84.6 cm³/mol. The number of non-ortho nitro benzene ring substituents is 1. The minimum absolute atomic E-state index is 0.126. The fourth-order valence-corrected chi connectivity index (χ4v) is 3.42. The average Bonchev–Trinajstić information content (AvgIpc) is 2.52. The lowest BCUT2D eigenvalue weighted by atomic mass is 9.98. The number of carbonyl (C=O) groups excluding carboxylic acids is 1. The lowest BCUT2D eigenvalue weighted by Gasteiger charge is -2.30. The van der Waals surface area contributed by atoms with E-state index >= 15 is 0 Å².